The van der Waals surface area contributed by atoms with E-state index < -0.39 is 32.9 Å². The lowest BCUT2D eigenvalue weighted by Gasteiger charge is -2.39. The number of amides is 1. The van der Waals surface area contributed by atoms with Crippen LogP contribution in [0.4, 0.5) is 4.39 Å². The predicted octanol–water partition coefficient (Wildman–Crippen LogP) is 4.18. The third-order valence-electron chi connectivity index (χ3n) is 6.23. The Morgan fingerprint density at radius 1 is 1.00 bits per heavy atom. The molecule has 1 heterocycles. The van der Waals surface area contributed by atoms with Crippen LogP contribution in [-0.4, -0.2) is 45.2 Å². The molecule has 0 fully saturated rings. The fourth-order valence-corrected chi connectivity index (χ4v) is 5.70. The molecule has 0 N–H and O–H groups in total. The van der Waals surface area contributed by atoms with Crippen LogP contribution in [0.2, 0.25) is 0 Å². The van der Waals surface area contributed by atoms with Crippen molar-refractivity contribution in [3.05, 3.63) is 89.2 Å². The second kappa shape index (κ2) is 9.46. The summed E-state index contributed by atoms with van der Waals surface area (Å²) in [4.78, 5) is 15.2. The van der Waals surface area contributed by atoms with Gasteiger partial charge in [0.2, 0.25) is 5.91 Å². The van der Waals surface area contributed by atoms with Crippen LogP contribution in [0.5, 0.6) is 11.5 Å². The molecule has 8 heteroatoms. The van der Waals surface area contributed by atoms with E-state index in [1.54, 1.807) is 19.1 Å². The molecule has 0 saturated carbocycles. The lowest BCUT2D eigenvalue weighted by Crippen LogP contribution is -2.47. The Labute approximate surface area is 198 Å². The van der Waals surface area contributed by atoms with Crippen molar-refractivity contribution < 1.29 is 27.1 Å². The van der Waals surface area contributed by atoms with E-state index in [1.807, 2.05) is 42.5 Å². The van der Waals surface area contributed by atoms with Gasteiger partial charge in [-0.1, -0.05) is 30.3 Å². The Morgan fingerprint density at radius 2 is 1.62 bits per heavy atom. The second-order valence-corrected chi connectivity index (χ2v) is 10.4. The smallest absolute Gasteiger partial charge is 0.241 e. The zero-order chi connectivity index (χ0) is 24.5. The number of rotatable bonds is 6. The number of halogens is 1. The van der Waals surface area contributed by atoms with Crippen LogP contribution in [0, 0.1) is 5.82 Å². The van der Waals surface area contributed by atoms with Gasteiger partial charge in [-0.25, -0.2) is 12.8 Å². The molecule has 6 nitrogen and oxygen atoms in total. The Balaban J connectivity index is 1.78. The van der Waals surface area contributed by atoms with Crippen molar-refractivity contribution in [2.24, 2.45) is 0 Å². The molecule has 3 aromatic rings. The molecule has 0 aliphatic carbocycles. The number of nitrogens with zero attached hydrogens (tertiary/aromatic N) is 1. The molecule has 4 rings (SSSR count). The van der Waals surface area contributed by atoms with E-state index in [0.29, 0.717) is 24.5 Å². The summed E-state index contributed by atoms with van der Waals surface area (Å²) in [6.45, 7) is 1.72. The first-order chi connectivity index (χ1) is 16.3. The molecule has 1 amide bonds. The van der Waals surface area contributed by atoms with E-state index in [1.165, 1.54) is 19.1 Å². The van der Waals surface area contributed by atoms with Gasteiger partial charge >= 0.3 is 0 Å². The van der Waals surface area contributed by atoms with Gasteiger partial charge in [0.15, 0.2) is 21.3 Å². The SMILES string of the molecule is COc1cc2c(cc1OC)C(c1ccccc1)N(C(=O)C(C)S(=O)(=O)c1ccc(F)cc1)CC2. The van der Waals surface area contributed by atoms with Gasteiger partial charge < -0.3 is 14.4 Å². The van der Waals surface area contributed by atoms with Crippen molar-refractivity contribution >= 4 is 15.7 Å². The summed E-state index contributed by atoms with van der Waals surface area (Å²) in [5.74, 6) is 0.0706. The van der Waals surface area contributed by atoms with Gasteiger partial charge in [0.1, 0.15) is 11.1 Å². The number of fused-ring (bicyclic) bond motifs is 1. The fraction of sp³-hybridized carbons (Fsp3) is 0.269. The van der Waals surface area contributed by atoms with Crippen LogP contribution in [0.3, 0.4) is 0 Å². The highest BCUT2D eigenvalue weighted by atomic mass is 32.2. The van der Waals surface area contributed by atoms with E-state index in [0.717, 1.165) is 28.8 Å². The summed E-state index contributed by atoms with van der Waals surface area (Å²) in [5.41, 5.74) is 2.72. The second-order valence-electron chi connectivity index (χ2n) is 8.14. The van der Waals surface area contributed by atoms with Gasteiger partial charge in [-0.3, -0.25) is 4.79 Å². The Morgan fingerprint density at radius 3 is 2.24 bits per heavy atom. The van der Waals surface area contributed by atoms with E-state index in [-0.39, 0.29) is 4.90 Å². The van der Waals surface area contributed by atoms with Gasteiger partial charge in [0, 0.05) is 6.54 Å². The van der Waals surface area contributed by atoms with Gasteiger partial charge in [0.05, 0.1) is 25.2 Å². The minimum absolute atomic E-state index is 0.0881. The quantitative estimate of drug-likeness (QED) is 0.492. The maximum absolute atomic E-state index is 13.7. The Kier molecular flexibility index (Phi) is 6.61. The molecule has 0 saturated heterocycles. The number of hydrogen-bond acceptors (Lipinski definition) is 5. The van der Waals surface area contributed by atoms with Crippen molar-refractivity contribution in [1.29, 1.82) is 0 Å². The monoisotopic (exact) mass is 483 g/mol. The number of benzene rings is 3. The van der Waals surface area contributed by atoms with Crippen LogP contribution < -0.4 is 9.47 Å². The zero-order valence-electron chi connectivity index (χ0n) is 19.2. The summed E-state index contributed by atoms with van der Waals surface area (Å²) in [6.07, 6.45) is 0.536. The number of carbonyl (C=O) groups excluding carboxylic acids is 1. The molecule has 34 heavy (non-hydrogen) atoms. The summed E-state index contributed by atoms with van der Waals surface area (Å²) in [6, 6.07) is 17.3. The van der Waals surface area contributed by atoms with Crippen molar-refractivity contribution in [1.82, 2.24) is 4.90 Å². The number of methoxy groups -OCH3 is 2. The zero-order valence-corrected chi connectivity index (χ0v) is 20.0. The first-order valence-electron chi connectivity index (χ1n) is 10.9. The predicted molar refractivity (Wildman–Crippen MR) is 126 cm³/mol. The third-order valence-corrected chi connectivity index (χ3v) is 8.29. The summed E-state index contributed by atoms with van der Waals surface area (Å²) >= 11 is 0. The topological polar surface area (TPSA) is 72.9 Å². The highest BCUT2D eigenvalue weighted by molar-refractivity contribution is 7.92. The van der Waals surface area contributed by atoms with Crippen molar-refractivity contribution in [2.75, 3.05) is 20.8 Å². The first kappa shape index (κ1) is 23.8. The number of sulfone groups is 1. The van der Waals surface area contributed by atoms with Crippen LogP contribution in [0.15, 0.2) is 71.6 Å². The molecular weight excluding hydrogens is 457 g/mol. The molecule has 2 atom stereocenters. The molecule has 0 spiro atoms. The minimum atomic E-state index is -4.01. The Hall–Kier alpha value is -3.39. The average Bonchev–Trinajstić information content (AvgIpc) is 2.86. The van der Waals surface area contributed by atoms with Gasteiger partial charge in [-0.2, -0.15) is 0 Å². The third kappa shape index (κ3) is 4.25. The standard InChI is InChI=1S/C26H26FNO5S/c1-17(34(30,31)21-11-9-20(27)10-12-21)26(29)28-14-13-19-15-23(32-2)24(33-3)16-22(19)25(28)18-7-5-4-6-8-18/h4-12,15-17,25H,13-14H2,1-3H3. The molecule has 1 aliphatic heterocycles. The highest BCUT2D eigenvalue weighted by Crippen LogP contribution is 2.41. The van der Waals surface area contributed by atoms with Gasteiger partial charge in [-0.05, 0) is 66.4 Å². The molecular formula is C26H26FNO5S. The molecule has 0 aromatic heterocycles. The van der Waals surface area contributed by atoms with Crippen molar-refractivity contribution in [2.45, 2.75) is 29.5 Å². The molecule has 0 bridgehead atoms. The molecule has 2 unspecified atom stereocenters. The fourth-order valence-electron chi connectivity index (χ4n) is 4.37. The van der Waals surface area contributed by atoms with Crippen molar-refractivity contribution in [3.63, 3.8) is 0 Å². The maximum Gasteiger partial charge on any atom is 0.241 e. The van der Waals surface area contributed by atoms with Gasteiger partial charge in [0.25, 0.3) is 0 Å². The lowest BCUT2D eigenvalue weighted by atomic mass is 9.87. The summed E-state index contributed by atoms with van der Waals surface area (Å²) in [7, 11) is -0.898. The largest absolute Gasteiger partial charge is 0.493 e. The number of hydrogen-bond donors (Lipinski definition) is 0. The van der Waals surface area contributed by atoms with Crippen LogP contribution >= 0.6 is 0 Å². The molecule has 3 aromatic carbocycles. The summed E-state index contributed by atoms with van der Waals surface area (Å²) in [5, 5.41) is -1.34. The minimum Gasteiger partial charge on any atom is -0.493 e. The normalized spacial score (nSPS) is 16.5. The number of ether oxygens (including phenoxy) is 2. The molecule has 0 radical (unpaired) electrons. The number of carbonyl (C=O) groups is 1. The van der Waals surface area contributed by atoms with E-state index >= 15 is 0 Å². The molecule has 1 aliphatic rings. The van der Waals surface area contributed by atoms with Gasteiger partial charge in [-0.15, -0.1) is 0 Å². The van der Waals surface area contributed by atoms with E-state index in [4.69, 9.17) is 9.47 Å². The summed E-state index contributed by atoms with van der Waals surface area (Å²) < 4.78 is 50.7. The Bertz CT molecular complexity index is 1290. The van der Waals surface area contributed by atoms with E-state index in [2.05, 4.69) is 0 Å². The van der Waals surface area contributed by atoms with Crippen molar-refractivity contribution in [3.8, 4) is 11.5 Å². The highest BCUT2D eigenvalue weighted by Gasteiger charge is 2.39. The lowest BCUT2D eigenvalue weighted by molar-refractivity contribution is -0.132. The van der Waals surface area contributed by atoms with Crippen LogP contribution in [0.25, 0.3) is 0 Å². The maximum atomic E-state index is 13.7. The van der Waals surface area contributed by atoms with Crippen LogP contribution in [-0.2, 0) is 21.1 Å². The average molecular weight is 484 g/mol. The van der Waals surface area contributed by atoms with Crippen LogP contribution in [0.1, 0.15) is 29.7 Å². The molecule has 178 valence electrons. The first-order valence-corrected chi connectivity index (χ1v) is 12.4. The van der Waals surface area contributed by atoms with E-state index in [9.17, 15) is 17.6 Å².